The quantitative estimate of drug-likeness (QED) is 0.444. The van der Waals surface area contributed by atoms with E-state index in [9.17, 15) is 14.7 Å². The van der Waals surface area contributed by atoms with Crippen LogP contribution in [0.3, 0.4) is 0 Å². The fraction of sp³-hybridized carbons (Fsp3) is 0.556. The Balaban J connectivity index is 2.19. The number of rotatable bonds is 7. The monoisotopic (exact) mass is 485 g/mol. The van der Waals surface area contributed by atoms with Crippen LogP contribution in [0, 0.1) is 0 Å². The molecule has 1 aromatic rings. The number of aliphatic hydroxyl groups excluding tert-OH is 1. The first-order valence-electron chi connectivity index (χ1n) is 8.76. The molecule has 0 saturated carbocycles. The van der Waals surface area contributed by atoms with Crippen molar-refractivity contribution in [2.24, 2.45) is 0 Å². The largest absolute Gasteiger partial charge is 0.467 e. The van der Waals surface area contributed by atoms with Crippen molar-refractivity contribution in [1.29, 1.82) is 0 Å². The number of nitrogens with one attached hydrogen (secondary N) is 1. The summed E-state index contributed by atoms with van der Waals surface area (Å²) in [5, 5.41) is 13.2. The Morgan fingerprint density at radius 1 is 1.20 bits per heavy atom. The Morgan fingerprint density at radius 2 is 1.87 bits per heavy atom. The smallest absolute Gasteiger partial charge is 0.407 e. The van der Waals surface area contributed by atoms with Crippen LogP contribution in [-0.2, 0) is 35.1 Å². The number of methoxy groups -OCH3 is 2. The number of alkyl carbamates (subject to hydrolysis) is 1. The molecule has 1 aliphatic rings. The van der Waals surface area contributed by atoms with Crippen molar-refractivity contribution in [3.8, 4) is 0 Å². The summed E-state index contributed by atoms with van der Waals surface area (Å²) in [6, 6.07) is 8.05. The van der Waals surface area contributed by atoms with Crippen LogP contribution in [0.4, 0.5) is 4.79 Å². The minimum atomic E-state index is -1.81. The van der Waals surface area contributed by atoms with Gasteiger partial charge >= 0.3 is 12.1 Å². The molecule has 12 heteroatoms. The number of benzene rings is 1. The van der Waals surface area contributed by atoms with Gasteiger partial charge in [-0.25, -0.2) is 9.59 Å². The van der Waals surface area contributed by atoms with E-state index in [1.165, 1.54) is 7.11 Å². The maximum atomic E-state index is 12.2. The van der Waals surface area contributed by atoms with E-state index in [2.05, 4.69) is 10.1 Å². The zero-order chi connectivity index (χ0) is 22.3. The molecule has 0 aromatic heterocycles. The number of carbonyl (C=O) groups is 2. The van der Waals surface area contributed by atoms with Crippen molar-refractivity contribution in [2.75, 3.05) is 20.8 Å². The maximum absolute atomic E-state index is 12.2. The van der Waals surface area contributed by atoms with Gasteiger partial charge in [-0.05, 0) is 5.56 Å². The molecule has 168 valence electrons. The Morgan fingerprint density at radius 3 is 2.43 bits per heavy atom. The lowest BCUT2D eigenvalue weighted by atomic mass is 9.96. The van der Waals surface area contributed by atoms with Gasteiger partial charge in [-0.1, -0.05) is 65.1 Å². The first-order valence-corrected chi connectivity index (χ1v) is 9.89. The molecule has 0 radical (unpaired) electrons. The van der Waals surface area contributed by atoms with Gasteiger partial charge in [-0.2, -0.15) is 0 Å². The van der Waals surface area contributed by atoms with E-state index in [-0.39, 0.29) is 6.61 Å². The molecule has 1 aliphatic heterocycles. The predicted octanol–water partition coefficient (Wildman–Crippen LogP) is 1.94. The maximum Gasteiger partial charge on any atom is 0.407 e. The molecule has 0 unspecified atom stereocenters. The number of carbonyl (C=O) groups excluding carboxylic acids is 2. The summed E-state index contributed by atoms with van der Waals surface area (Å²) in [5.41, 5.74) is 0.803. The number of aliphatic hydroxyl groups is 1. The van der Waals surface area contributed by atoms with Crippen LogP contribution < -0.4 is 5.32 Å². The van der Waals surface area contributed by atoms with Crippen molar-refractivity contribution in [3.63, 3.8) is 0 Å². The Labute approximate surface area is 188 Å². The lowest BCUT2D eigenvalue weighted by Gasteiger charge is -2.42. The normalized spacial score (nSPS) is 26.7. The van der Waals surface area contributed by atoms with E-state index < -0.39 is 53.1 Å². The van der Waals surface area contributed by atoms with Gasteiger partial charge in [0, 0.05) is 7.11 Å². The van der Waals surface area contributed by atoms with Gasteiger partial charge in [0.05, 0.1) is 13.7 Å². The van der Waals surface area contributed by atoms with E-state index in [0.29, 0.717) is 0 Å². The van der Waals surface area contributed by atoms with E-state index in [1.807, 2.05) is 30.3 Å². The molecular formula is C18H22Cl3NO8. The highest BCUT2D eigenvalue weighted by Gasteiger charge is 2.50. The van der Waals surface area contributed by atoms with Crippen molar-refractivity contribution in [1.82, 2.24) is 5.32 Å². The molecule has 5 atom stereocenters. The third kappa shape index (κ3) is 7.12. The van der Waals surface area contributed by atoms with Gasteiger partial charge in [0.2, 0.25) is 3.79 Å². The summed E-state index contributed by atoms with van der Waals surface area (Å²) in [4.78, 5) is 24.2. The predicted molar refractivity (Wildman–Crippen MR) is 107 cm³/mol. The van der Waals surface area contributed by atoms with E-state index >= 15 is 0 Å². The number of hydrogen-bond acceptors (Lipinski definition) is 8. The standard InChI is InChI=1S/C18H22Cl3NO8/c1-26-15(24)14-12(23)13(28-8-10-6-4-3-5-7-10)11(16(27-2)30-14)22-17(25)29-9-18(19,20)21/h3-7,11-14,16,23H,8-9H2,1-2H3,(H,22,25)/t11-,12-,13-,14-,16-/m0/s1. The molecule has 1 heterocycles. The summed E-state index contributed by atoms with van der Waals surface area (Å²) in [6.07, 6.45) is -6.12. The molecule has 30 heavy (non-hydrogen) atoms. The molecule has 1 amide bonds. The summed E-state index contributed by atoms with van der Waals surface area (Å²) >= 11 is 16.7. The van der Waals surface area contributed by atoms with Crippen LogP contribution in [0.15, 0.2) is 30.3 Å². The van der Waals surface area contributed by atoms with Crippen molar-refractivity contribution in [3.05, 3.63) is 35.9 Å². The van der Waals surface area contributed by atoms with Crippen LogP contribution in [0.25, 0.3) is 0 Å². The molecule has 2 rings (SSSR count). The first-order chi connectivity index (χ1) is 14.2. The second-order valence-electron chi connectivity index (χ2n) is 6.30. The summed E-state index contributed by atoms with van der Waals surface area (Å²) in [7, 11) is 2.45. The van der Waals surface area contributed by atoms with Crippen LogP contribution in [0.2, 0.25) is 0 Å². The molecule has 0 bridgehead atoms. The van der Waals surface area contributed by atoms with Crippen molar-refractivity contribution < 1.29 is 38.4 Å². The highest BCUT2D eigenvalue weighted by molar-refractivity contribution is 6.67. The van der Waals surface area contributed by atoms with Gasteiger partial charge in [-0.15, -0.1) is 0 Å². The van der Waals surface area contributed by atoms with Gasteiger partial charge in [0.1, 0.15) is 24.9 Å². The molecule has 0 spiro atoms. The zero-order valence-corrected chi connectivity index (χ0v) is 18.4. The van der Waals surface area contributed by atoms with Crippen molar-refractivity contribution in [2.45, 2.75) is 41.0 Å². The number of esters is 1. The van der Waals surface area contributed by atoms with Gasteiger partial charge in [-0.3, -0.25) is 0 Å². The average Bonchev–Trinajstić information content (AvgIpc) is 2.72. The second-order valence-corrected chi connectivity index (χ2v) is 8.81. The zero-order valence-electron chi connectivity index (χ0n) is 16.1. The van der Waals surface area contributed by atoms with Gasteiger partial charge in [0.15, 0.2) is 12.4 Å². The molecule has 1 fully saturated rings. The molecular weight excluding hydrogens is 465 g/mol. The first kappa shape index (κ1) is 24.9. The van der Waals surface area contributed by atoms with E-state index in [1.54, 1.807) is 0 Å². The SMILES string of the molecule is COC(=O)[C@H]1O[C@H](OC)[C@@H](NC(=O)OCC(Cl)(Cl)Cl)[C@H](OCc2ccccc2)[C@@H]1O. The molecule has 0 aliphatic carbocycles. The van der Waals surface area contributed by atoms with E-state index in [0.717, 1.165) is 12.7 Å². The molecule has 1 saturated heterocycles. The number of amides is 1. The Bertz CT molecular complexity index is 702. The Kier molecular flexibility index (Phi) is 9.42. The van der Waals surface area contributed by atoms with Crippen LogP contribution in [-0.4, -0.2) is 72.4 Å². The fourth-order valence-electron chi connectivity index (χ4n) is 2.81. The molecule has 2 N–H and O–H groups in total. The molecule has 9 nitrogen and oxygen atoms in total. The second kappa shape index (κ2) is 11.3. The van der Waals surface area contributed by atoms with Crippen LogP contribution in [0.5, 0.6) is 0 Å². The fourth-order valence-corrected chi connectivity index (χ4v) is 2.97. The highest BCUT2D eigenvalue weighted by atomic mass is 35.6. The topological polar surface area (TPSA) is 113 Å². The minimum Gasteiger partial charge on any atom is -0.467 e. The van der Waals surface area contributed by atoms with Crippen molar-refractivity contribution >= 4 is 46.9 Å². The van der Waals surface area contributed by atoms with Gasteiger partial charge < -0.3 is 34.1 Å². The van der Waals surface area contributed by atoms with Crippen LogP contribution >= 0.6 is 34.8 Å². The summed E-state index contributed by atoms with van der Waals surface area (Å²) < 4.78 is 24.3. The number of ether oxygens (including phenoxy) is 5. The number of halogens is 3. The summed E-state index contributed by atoms with van der Waals surface area (Å²) in [5.74, 6) is -0.824. The van der Waals surface area contributed by atoms with E-state index in [4.69, 9.17) is 53.8 Å². The highest BCUT2D eigenvalue weighted by Crippen LogP contribution is 2.28. The number of hydrogen-bond donors (Lipinski definition) is 2. The minimum absolute atomic E-state index is 0.0777. The lowest BCUT2D eigenvalue weighted by Crippen LogP contribution is -2.66. The lowest BCUT2D eigenvalue weighted by molar-refractivity contribution is -0.265. The third-order valence-electron chi connectivity index (χ3n) is 4.18. The van der Waals surface area contributed by atoms with Crippen LogP contribution in [0.1, 0.15) is 5.56 Å². The van der Waals surface area contributed by atoms with Gasteiger partial charge in [0.25, 0.3) is 0 Å². The third-order valence-corrected chi connectivity index (χ3v) is 4.50. The summed E-state index contributed by atoms with van der Waals surface area (Å²) in [6.45, 7) is -0.439. The average molecular weight is 487 g/mol. The molecule has 1 aromatic carbocycles. The number of alkyl halides is 3. The Hall–Kier alpha value is -1.33.